The monoisotopic (exact) mass is 368 g/mol. The molecule has 0 aromatic heterocycles. The number of carbonyl (C=O) groups is 2. The normalized spacial score (nSPS) is 20.3. The molecule has 23 heavy (non-hydrogen) atoms. The standard InChI is InChI=1S/C12H14N2O7S.K/c1-20-12(8-14(10(12)15)22(17,18)19)13-11(16)21-7-9-5-3-2-4-6-9;/h2-6H,7-8H2,1H3,(H,13,16)(H,17,18,19);/q;+1/p-1. The van der Waals surface area contributed by atoms with Crippen LogP contribution in [0.4, 0.5) is 4.79 Å². The Bertz CT molecular complexity index is 682. The molecule has 2 amide bonds. The van der Waals surface area contributed by atoms with Gasteiger partial charge in [0.1, 0.15) is 6.61 Å². The second-order valence-corrected chi connectivity index (χ2v) is 5.78. The van der Waals surface area contributed by atoms with E-state index in [9.17, 15) is 22.6 Å². The number of rotatable bonds is 5. The zero-order chi connectivity index (χ0) is 16.4. The van der Waals surface area contributed by atoms with Crippen LogP contribution in [-0.4, -0.2) is 48.7 Å². The van der Waals surface area contributed by atoms with E-state index in [1.807, 2.05) is 0 Å². The van der Waals surface area contributed by atoms with Gasteiger partial charge in [0.2, 0.25) is 5.72 Å². The van der Waals surface area contributed by atoms with Crippen LogP contribution in [0.1, 0.15) is 5.56 Å². The van der Waals surface area contributed by atoms with Crippen molar-refractivity contribution in [3.05, 3.63) is 35.9 Å². The van der Waals surface area contributed by atoms with Gasteiger partial charge >= 0.3 is 57.5 Å². The molecule has 0 saturated carbocycles. The van der Waals surface area contributed by atoms with E-state index < -0.39 is 34.6 Å². The van der Waals surface area contributed by atoms with Gasteiger partial charge in [-0.2, -0.15) is 0 Å². The van der Waals surface area contributed by atoms with E-state index >= 15 is 0 Å². The van der Waals surface area contributed by atoms with E-state index in [1.165, 1.54) is 0 Å². The first-order valence-corrected chi connectivity index (χ1v) is 7.47. The fourth-order valence-electron chi connectivity index (χ4n) is 1.85. The minimum atomic E-state index is -4.93. The molecule has 1 atom stereocenters. The molecule has 0 spiro atoms. The van der Waals surface area contributed by atoms with Crippen LogP contribution in [0.2, 0.25) is 0 Å². The van der Waals surface area contributed by atoms with E-state index in [4.69, 9.17) is 9.47 Å². The predicted molar refractivity (Wildman–Crippen MR) is 70.9 cm³/mol. The van der Waals surface area contributed by atoms with Crippen molar-refractivity contribution in [1.29, 1.82) is 0 Å². The molecular weight excluding hydrogens is 355 g/mol. The number of hydrogen-bond acceptors (Lipinski definition) is 7. The van der Waals surface area contributed by atoms with Gasteiger partial charge in [0.05, 0.1) is 6.54 Å². The zero-order valence-corrected chi connectivity index (χ0v) is 16.5. The van der Waals surface area contributed by atoms with Gasteiger partial charge < -0.3 is 14.0 Å². The summed E-state index contributed by atoms with van der Waals surface area (Å²) in [5.41, 5.74) is -1.17. The second-order valence-electron chi connectivity index (χ2n) is 4.49. The van der Waals surface area contributed by atoms with Crippen molar-refractivity contribution in [2.45, 2.75) is 12.3 Å². The summed E-state index contributed by atoms with van der Waals surface area (Å²) in [6.07, 6.45) is -0.970. The second kappa shape index (κ2) is 8.03. The van der Waals surface area contributed by atoms with Gasteiger partial charge in [-0.15, -0.1) is 0 Å². The van der Waals surface area contributed by atoms with Crippen molar-refractivity contribution in [3.8, 4) is 0 Å². The Hall–Kier alpha value is -0.534. The average molecular weight is 368 g/mol. The maximum atomic E-state index is 11.7. The third-order valence-corrected chi connectivity index (χ3v) is 3.91. The minimum absolute atomic E-state index is 0. The summed E-state index contributed by atoms with van der Waals surface area (Å²) in [6, 6.07) is 8.80. The zero-order valence-electron chi connectivity index (χ0n) is 12.5. The van der Waals surface area contributed by atoms with Crippen LogP contribution in [0.15, 0.2) is 30.3 Å². The number of benzene rings is 1. The Morgan fingerprint density at radius 1 is 1.39 bits per heavy atom. The quantitative estimate of drug-likeness (QED) is 0.248. The number of methoxy groups -OCH3 is 1. The molecule has 0 bridgehead atoms. The summed E-state index contributed by atoms with van der Waals surface area (Å²) >= 11 is 0. The average Bonchev–Trinajstić information content (AvgIpc) is 2.48. The van der Waals surface area contributed by atoms with Crippen LogP contribution in [0.5, 0.6) is 0 Å². The van der Waals surface area contributed by atoms with Crippen LogP contribution >= 0.6 is 0 Å². The summed E-state index contributed by atoms with van der Waals surface area (Å²) in [7, 11) is -3.82. The van der Waals surface area contributed by atoms with E-state index in [1.54, 1.807) is 30.3 Å². The Morgan fingerprint density at radius 3 is 2.48 bits per heavy atom. The van der Waals surface area contributed by atoms with Gasteiger partial charge in [-0.05, 0) is 5.56 Å². The maximum absolute atomic E-state index is 11.7. The topological polar surface area (TPSA) is 125 Å². The number of ether oxygens (including phenoxy) is 2. The smallest absolute Gasteiger partial charge is 0.731 e. The van der Waals surface area contributed by atoms with Crippen molar-refractivity contribution < 1.29 is 83.4 Å². The third-order valence-electron chi connectivity index (χ3n) is 3.07. The third kappa shape index (κ3) is 4.73. The number of amides is 2. The van der Waals surface area contributed by atoms with Gasteiger partial charge in [0.15, 0.2) is 10.3 Å². The number of hydrogen-bond donors (Lipinski definition) is 1. The first-order valence-electron chi connectivity index (χ1n) is 6.10. The van der Waals surface area contributed by atoms with Crippen molar-refractivity contribution in [1.82, 2.24) is 9.62 Å². The van der Waals surface area contributed by atoms with E-state index in [-0.39, 0.29) is 62.3 Å². The van der Waals surface area contributed by atoms with Crippen molar-refractivity contribution in [3.63, 3.8) is 0 Å². The SMILES string of the molecule is COC1(NC(=O)OCc2ccccc2)CN(S(=O)(=O)[O-])C1=O.[K+]. The number of β-lactam (4-membered cyclic amide) rings is 1. The molecule has 11 heteroatoms. The van der Waals surface area contributed by atoms with Crippen LogP contribution in [0.25, 0.3) is 0 Å². The molecule has 120 valence electrons. The minimum Gasteiger partial charge on any atom is -0.731 e. The molecule has 2 rings (SSSR count). The molecule has 0 aliphatic carbocycles. The number of alkyl carbamates (subject to hydrolysis) is 1. The van der Waals surface area contributed by atoms with E-state index in [0.717, 1.165) is 12.7 Å². The Labute approximate surface area is 175 Å². The van der Waals surface area contributed by atoms with Crippen LogP contribution < -0.4 is 56.7 Å². The number of nitrogens with one attached hydrogen (secondary N) is 1. The van der Waals surface area contributed by atoms with Gasteiger partial charge in [-0.1, -0.05) is 30.3 Å². The maximum Gasteiger partial charge on any atom is 1.00 e. The summed E-state index contributed by atoms with van der Waals surface area (Å²) in [5, 5.41) is 2.12. The number of carbonyl (C=O) groups excluding carboxylic acids is 2. The molecule has 1 unspecified atom stereocenters. The van der Waals surface area contributed by atoms with Crippen molar-refractivity contribution in [2.24, 2.45) is 0 Å². The van der Waals surface area contributed by atoms with Gasteiger partial charge in [0, 0.05) is 7.11 Å². The van der Waals surface area contributed by atoms with Crippen molar-refractivity contribution in [2.75, 3.05) is 13.7 Å². The predicted octanol–water partition coefficient (Wildman–Crippen LogP) is -3.44. The summed E-state index contributed by atoms with van der Waals surface area (Å²) in [5.74, 6) is -1.17. The Balaban J connectivity index is 0.00000264. The molecule has 1 N–H and O–H groups in total. The molecule has 1 heterocycles. The molecule has 1 aliphatic heterocycles. The van der Waals surface area contributed by atoms with Crippen LogP contribution in [0, 0.1) is 0 Å². The molecular formula is C12H13KN2O7S. The van der Waals surface area contributed by atoms with Gasteiger partial charge in [0.25, 0.3) is 5.91 Å². The van der Waals surface area contributed by atoms with Crippen LogP contribution in [0.3, 0.4) is 0 Å². The molecule has 1 aliphatic rings. The Kier molecular flexibility index (Phi) is 7.16. The van der Waals surface area contributed by atoms with Gasteiger partial charge in [-0.25, -0.2) is 17.5 Å². The first kappa shape index (κ1) is 20.5. The molecule has 9 nitrogen and oxygen atoms in total. The van der Waals surface area contributed by atoms with E-state index in [0.29, 0.717) is 0 Å². The van der Waals surface area contributed by atoms with Crippen LogP contribution in [-0.2, 0) is 31.2 Å². The first-order chi connectivity index (χ1) is 10.3. The summed E-state index contributed by atoms with van der Waals surface area (Å²) < 4.78 is 42.1. The summed E-state index contributed by atoms with van der Waals surface area (Å²) in [6.45, 7) is -0.640. The molecule has 1 aromatic rings. The van der Waals surface area contributed by atoms with Crippen molar-refractivity contribution >= 4 is 22.3 Å². The Morgan fingerprint density at radius 2 is 2.00 bits per heavy atom. The fraction of sp³-hybridized carbons (Fsp3) is 0.333. The molecule has 1 saturated heterocycles. The molecule has 1 fully saturated rings. The molecule has 1 aromatic carbocycles. The summed E-state index contributed by atoms with van der Waals surface area (Å²) in [4.78, 5) is 23.4. The van der Waals surface area contributed by atoms with Gasteiger partial charge in [-0.3, -0.25) is 10.1 Å². The van der Waals surface area contributed by atoms with E-state index in [2.05, 4.69) is 5.32 Å². The largest absolute Gasteiger partial charge is 1.00 e. The number of nitrogens with zero attached hydrogens (tertiary/aromatic N) is 1. The fourth-order valence-corrected chi connectivity index (χ4v) is 2.54. The molecule has 0 radical (unpaired) electrons.